The molecule has 5 aliphatic rings. The zero-order valence-electron chi connectivity index (χ0n) is 66.3. The molecule has 602 valence electrons. The molecule has 5 aliphatic heterocycles. The number of β-amino-alcohol motifs (C(OH)–C–C–N with tert-alkyl or cyclic N) is 3. The lowest BCUT2D eigenvalue weighted by atomic mass is 9.88. The van der Waals surface area contributed by atoms with Crippen LogP contribution in [-0.4, -0.2) is 171 Å². The van der Waals surface area contributed by atoms with Crippen molar-refractivity contribution < 1.29 is 75.0 Å². The van der Waals surface area contributed by atoms with Gasteiger partial charge in [0.05, 0.1) is 16.2 Å². The fourth-order valence-electron chi connectivity index (χ4n) is 15.7. The van der Waals surface area contributed by atoms with Gasteiger partial charge in [0.1, 0.15) is 72.1 Å². The van der Waals surface area contributed by atoms with Gasteiger partial charge in [-0.3, -0.25) is 0 Å². The minimum absolute atomic E-state index is 0.191. The Morgan fingerprint density at radius 3 is 1.14 bits per heavy atom. The summed E-state index contributed by atoms with van der Waals surface area (Å²) in [7, 11) is 0. The van der Waals surface area contributed by atoms with Gasteiger partial charge in [-0.15, -0.1) is 30.6 Å². The molecule has 7 aromatic carbocycles. The molecule has 25 nitrogen and oxygen atoms in total. The van der Waals surface area contributed by atoms with Gasteiger partial charge in [-0.05, 0) is 196 Å². The third-order valence-corrected chi connectivity index (χ3v) is 21.8. The average molecular weight is 1560 g/mol. The van der Waals surface area contributed by atoms with Gasteiger partial charge in [0.2, 0.25) is 31.3 Å². The van der Waals surface area contributed by atoms with Crippen LogP contribution in [0.4, 0.5) is 0 Å². The van der Waals surface area contributed by atoms with E-state index in [0.29, 0.717) is 149 Å². The van der Waals surface area contributed by atoms with Crippen molar-refractivity contribution in [3.63, 3.8) is 0 Å². The van der Waals surface area contributed by atoms with Gasteiger partial charge in [-0.25, -0.2) is 0 Å². The molecule has 115 heavy (non-hydrogen) atoms. The molecule has 0 spiro atoms. The topological polar surface area (TPSA) is 291 Å². The Balaban J connectivity index is 0.000000130. The number of rotatable bonds is 25. The van der Waals surface area contributed by atoms with Gasteiger partial charge < -0.3 is 89.7 Å². The quantitative estimate of drug-likeness (QED) is 0.0479. The Bertz CT molecular complexity index is 5400. The van der Waals surface area contributed by atoms with E-state index >= 15 is 0 Å². The number of benzene rings is 7. The average Bonchev–Trinajstić information content (AvgIpc) is 1.66. The van der Waals surface area contributed by atoms with Crippen molar-refractivity contribution in [2.24, 2.45) is 11.8 Å². The summed E-state index contributed by atoms with van der Waals surface area (Å²) in [5.74, 6) is 12.0. The second-order valence-electron chi connectivity index (χ2n) is 32.6. The molecule has 3 atom stereocenters. The molecule has 0 unspecified atom stereocenters. The maximum atomic E-state index is 10.8. The molecule has 3 N–H and O–H groups in total. The molecule has 25 heteroatoms. The largest absolute Gasteiger partial charge is 0.490 e. The predicted octanol–water partition coefficient (Wildman–Crippen LogP) is 16.6. The van der Waals surface area contributed by atoms with Crippen LogP contribution >= 0.6 is 0 Å². The van der Waals surface area contributed by atoms with E-state index in [4.69, 9.17) is 59.7 Å². The minimum atomic E-state index is -0.607. The van der Waals surface area contributed by atoms with E-state index in [-0.39, 0.29) is 25.2 Å². The summed E-state index contributed by atoms with van der Waals surface area (Å²) in [4.78, 5) is 6.95. The first-order valence-corrected chi connectivity index (χ1v) is 40.3. The lowest BCUT2D eigenvalue weighted by Crippen LogP contribution is -2.40. The first-order valence-electron chi connectivity index (χ1n) is 40.3. The molecule has 0 aliphatic carbocycles. The normalized spacial score (nSPS) is 16.7. The van der Waals surface area contributed by atoms with E-state index in [1.165, 1.54) is 27.5 Å². The van der Waals surface area contributed by atoms with Crippen LogP contribution < -0.4 is 33.2 Å². The summed E-state index contributed by atoms with van der Waals surface area (Å²) in [6.07, 6.45) is 5.99. The minimum Gasteiger partial charge on any atom is -0.490 e. The van der Waals surface area contributed by atoms with E-state index in [2.05, 4.69) is 140 Å². The number of aliphatic hydroxyl groups is 3. The summed E-state index contributed by atoms with van der Waals surface area (Å²) < 4.78 is 75.3. The SMILES string of the molecule is CC(C)(C)c1nnc(-c2cc3c(OC[C@@H](O)CN4CCC(c5ccc6c(c5)OCO6)CC4)cccc3o2)o1.CC(C)Cc1nnc(-c2cc3c(OC[C@@H](O)CN4CCC(c5ccc6c(c5)OCO6)CC4)cccc3o2)o1.CC(C)Cc1nnc(-c2cc3c(OC[C@@H](O)CN4CCC(c5ccc6ccccc6c5)CC4)cccc3o2)o1. The number of likely N-dealkylation sites (tertiary alicyclic amines) is 3. The zero-order valence-corrected chi connectivity index (χ0v) is 66.3. The summed E-state index contributed by atoms with van der Waals surface area (Å²) in [5.41, 5.74) is 5.76. The van der Waals surface area contributed by atoms with Crippen LogP contribution in [0.25, 0.3) is 78.6 Å². The van der Waals surface area contributed by atoms with E-state index in [1.807, 2.05) is 106 Å². The number of piperidine rings is 3. The van der Waals surface area contributed by atoms with Crippen molar-refractivity contribution in [3.8, 4) is 75.2 Å². The van der Waals surface area contributed by atoms with Gasteiger partial charge in [0, 0.05) is 56.1 Å². The van der Waals surface area contributed by atoms with Gasteiger partial charge in [0.25, 0.3) is 17.7 Å². The highest BCUT2D eigenvalue weighted by atomic mass is 16.7. The van der Waals surface area contributed by atoms with Crippen LogP contribution in [-0.2, 0) is 18.3 Å². The molecule has 0 amide bonds. The first-order chi connectivity index (χ1) is 55.9. The fraction of sp³-hybridized carbons (Fsp3) is 0.422. The van der Waals surface area contributed by atoms with Crippen molar-refractivity contribution in [1.82, 2.24) is 45.3 Å². The van der Waals surface area contributed by atoms with E-state index in [0.717, 1.165) is 130 Å². The molecule has 0 bridgehead atoms. The molecule has 13 aromatic rings. The molecule has 3 saturated heterocycles. The van der Waals surface area contributed by atoms with E-state index < -0.39 is 18.3 Å². The van der Waals surface area contributed by atoms with Crippen LogP contribution in [0.3, 0.4) is 0 Å². The van der Waals surface area contributed by atoms with Crippen molar-refractivity contribution in [1.29, 1.82) is 0 Å². The summed E-state index contributed by atoms with van der Waals surface area (Å²) in [5, 5.41) is 62.1. The Labute approximate surface area is 667 Å². The van der Waals surface area contributed by atoms with Gasteiger partial charge >= 0.3 is 0 Å². The number of fused-ring (bicyclic) bond motifs is 6. The highest BCUT2D eigenvalue weighted by Gasteiger charge is 2.31. The number of aliphatic hydroxyl groups excluding tert-OH is 3. The van der Waals surface area contributed by atoms with Crippen LogP contribution in [0.5, 0.6) is 40.2 Å². The maximum absolute atomic E-state index is 10.8. The Morgan fingerprint density at radius 1 is 0.383 bits per heavy atom. The second kappa shape index (κ2) is 35.1. The van der Waals surface area contributed by atoms with E-state index in [9.17, 15) is 15.3 Å². The Morgan fingerprint density at radius 2 is 0.748 bits per heavy atom. The van der Waals surface area contributed by atoms with Crippen molar-refractivity contribution in [3.05, 3.63) is 186 Å². The second-order valence-corrected chi connectivity index (χ2v) is 32.6. The Hall–Kier alpha value is -10.8. The smallest absolute Gasteiger partial charge is 0.283 e. The lowest BCUT2D eigenvalue weighted by molar-refractivity contribution is 0.0598. The predicted molar refractivity (Wildman–Crippen MR) is 433 cm³/mol. The highest BCUT2D eigenvalue weighted by molar-refractivity contribution is 5.89. The molecule has 18 rings (SSSR count). The third-order valence-electron chi connectivity index (χ3n) is 21.8. The van der Waals surface area contributed by atoms with Crippen LogP contribution in [0.2, 0.25) is 0 Å². The number of hydrogen-bond donors (Lipinski definition) is 3. The first kappa shape index (κ1) is 78.1. The molecule has 3 fully saturated rings. The number of nitrogens with zero attached hydrogens (tertiary/aromatic N) is 9. The third kappa shape index (κ3) is 19.1. The van der Waals surface area contributed by atoms with Gasteiger partial charge in [-0.2, -0.15) is 0 Å². The summed E-state index contributed by atoms with van der Waals surface area (Å²) >= 11 is 0. The fourth-order valence-corrected chi connectivity index (χ4v) is 15.7. The standard InChI is InChI=1S/C32H35N3O4.2C29H33N3O6/c1-21(2)16-31-33-34-32(39-31)30-18-27-28(8-5-9-29(27)38-30)37-20-26(36)19-35-14-12-23(13-15-35)25-11-10-22-6-3-4-7-24(22)17-25;1-29(2,3)28-31-30-27(38-28)26-14-21-22(5-4-6-23(21)37-26)34-16-20(33)15-32-11-9-18(10-12-32)19-7-8-24-25(13-19)36-17-35-24;1-18(2)12-28-30-31-29(38-28)27-14-22-23(4-3-5-24(22)37-27)34-16-21(33)15-32-10-8-19(9-11-32)20-6-7-25-26(13-20)36-17-35-25/h3-11,17-18,21,23,26,36H,12-16,19-20H2,1-2H3;4-8,13-14,18,20,33H,9-12,15-17H2,1-3H3;3-7,13-14,18-19,21,33H,8-12,15-17H2,1-2H3/t26-;20-;21-/m000/s1. The molecule has 11 heterocycles. The zero-order chi connectivity index (χ0) is 79.1. The molecule has 6 aromatic heterocycles. The van der Waals surface area contributed by atoms with Crippen molar-refractivity contribution in [2.45, 2.75) is 141 Å². The lowest BCUT2D eigenvalue weighted by Gasteiger charge is -2.33. The monoisotopic (exact) mass is 1560 g/mol. The van der Waals surface area contributed by atoms with Crippen molar-refractivity contribution in [2.75, 3.05) is 92.3 Å². The van der Waals surface area contributed by atoms with Crippen LogP contribution in [0, 0.1) is 11.8 Å². The number of hydrogen-bond acceptors (Lipinski definition) is 25. The molecule has 0 saturated carbocycles. The molecule has 0 radical (unpaired) electrons. The maximum Gasteiger partial charge on any atom is 0.283 e. The number of furan rings is 3. The summed E-state index contributed by atoms with van der Waals surface area (Å²) in [6.45, 7) is 23.1. The number of ether oxygens (including phenoxy) is 7. The Kier molecular flexibility index (Phi) is 23.9. The van der Waals surface area contributed by atoms with Crippen LogP contribution in [0.15, 0.2) is 178 Å². The highest BCUT2D eigenvalue weighted by Crippen LogP contribution is 2.42. The number of aromatic nitrogens is 6. The summed E-state index contributed by atoms with van der Waals surface area (Å²) in [6, 6.07) is 50.3. The van der Waals surface area contributed by atoms with Crippen LogP contribution in [0.1, 0.15) is 139 Å². The molecular weight excluding hydrogens is 1460 g/mol. The van der Waals surface area contributed by atoms with Gasteiger partial charge in [0.15, 0.2) is 40.3 Å². The molecular formula is C90H101N9O16. The van der Waals surface area contributed by atoms with Gasteiger partial charge in [-0.1, -0.05) is 121 Å². The van der Waals surface area contributed by atoms with Crippen molar-refractivity contribution >= 4 is 43.7 Å². The van der Waals surface area contributed by atoms with E-state index in [1.54, 1.807) is 0 Å².